The van der Waals surface area contributed by atoms with Crippen molar-refractivity contribution in [2.24, 2.45) is 0 Å². The third-order valence-electron chi connectivity index (χ3n) is 2.11. The third-order valence-corrected chi connectivity index (χ3v) is 2.11. The van der Waals surface area contributed by atoms with E-state index >= 15 is 0 Å². The summed E-state index contributed by atoms with van der Waals surface area (Å²) in [5.41, 5.74) is -1.90. The molecule has 0 atom stereocenters. The molecule has 0 saturated heterocycles. The van der Waals surface area contributed by atoms with E-state index in [-0.39, 0.29) is 19.6 Å². The minimum Gasteiger partial charge on any atom is -0.463 e. The first-order chi connectivity index (χ1) is 8.42. The van der Waals surface area contributed by atoms with E-state index < -0.39 is 17.5 Å². The van der Waals surface area contributed by atoms with Crippen LogP contribution in [0.4, 0.5) is 0 Å². The average molecular weight is 256 g/mol. The van der Waals surface area contributed by atoms with Gasteiger partial charge in [-0.3, -0.25) is 0 Å². The Labute approximate surface area is 107 Å². The zero-order chi connectivity index (χ0) is 14.2. The van der Waals surface area contributed by atoms with Crippen molar-refractivity contribution >= 4 is 11.9 Å². The van der Waals surface area contributed by atoms with Gasteiger partial charge < -0.3 is 14.6 Å². The van der Waals surface area contributed by atoms with Gasteiger partial charge in [0, 0.05) is 6.42 Å². The maximum absolute atomic E-state index is 11.7. The molecule has 5 heteroatoms. The van der Waals surface area contributed by atoms with E-state index in [1.807, 2.05) is 0 Å². The third kappa shape index (κ3) is 4.33. The van der Waals surface area contributed by atoms with Crippen molar-refractivity contribution in [3.8, 4) is 0 Å². The zero-order valence-corrected chi connectivity index (χ0v) is 11.1. The molecule has 1 N–H and O–H groups in total. The van der Waals surface area contributed by atoms with Crippen LogP contribution in [0.15, 0.2) is 24.3 Å². The fourth-order valence-electron chi connectivity index (χ4n) is 1.35. The summed E-state index contributed by atoms with van der Waals surface area (Å²) in [6.07, 6.45) is 3.04. The van der Waals surface area contributed by atoms with E-state index in [0.29, 0.717) is 5.57 Å². The maximum atomic E-state index is 11.7. The molecule has 0 spiro atoms. The predicted octanol–water partition coefficient (Wildman–Crippen LogP) is 1.37. The summed E-state index contributed by atoms with van der Waals surface area (Å²) in [6.45, 7) is 8.72. The summed E-state index contributed by atoms with van der Waals surface area (Å²) in [5, 5.41) is 10.2. The van der Waals surface area contributed by atoms with Crippen molar-refractivity contribution in [2.45, 2.75) is 32.8 Å². The van der Waals surface area contributed by atoms with E-state index in [4.69, 9.17) is 9.47 Å². The van der Waals surface area contributed by atoms with E-state index in [0.717, 1.165) is 0 Å². The van der Waals surface area contributed by atoms with Crippen molar-refractivity contribution in [1.82, 2.24) is 0 Å². The topological polar surface area (TPSA) is 72.8 Å². The molecule has 0 aliphatic heterocycles. The number of esters is 2. The minimum absolute atomic E-state index is 0.0661. The first-order valence-corrected chi connectivity index (χ1v) is 5.79. The Bertz CT molecular complexity index is 325. The Balaban J connectivity index is 5.08. The molecule has 0 saturated carbocycles. The quantitative estimate of drug-likeness (QED) is 0.423. The first-order valence-electron chi connectivity index (χ1n) is 5.79. The molecule has 102 valence electrons. The molecule has 0 aromatic heterocycles. The van der Waals surface area contributed by atoms with Crippen LogP contribution in [0.25, 0.3) is 0 Å². The van der Waals surface area contributed by atoms with Crippen LogP contribution in [0.1, 0.15) is 27.2 Å². The Morgan fingerprint density at radius 1 is 1.22 bits per heavy atom. The monoisotopic (exact) mass is 256 g/mol. The van der Waals surface area contributed by atoms with Crippen LogP contribution in [0, 0.1) is 0 Å². The van der Waals surface area contributed by atoms with Gasteiger partial charge in [-0.25, -0.2) is 9.59 Å². The van der Waals surface area contributed by atoms with Gasteiger partial charge in [0.2, 0.25) is 0 Å². The van der Waals surface area contributed by atoms with Gasteiger partial charge in [0.25, 0.3) is 5.60 Å². The number of ether oxygens (including phenoxy) is 2. The number of aliphatic hydroxyl groups is 1. The van der Waals surface area contributed by atoms with Crippen molar-refractivity contribution in [2.75, 3.05) is 13.2 Å². The summed E-state index contributed by atoms with van der Waals surface area (Å²) in [7, 11) is 0. The van der Waals surface area contributed by atoms with Gasteiger partial charge in [-0.1, -0.05) is 24.3 Å². The fourth-order valence-corrected chi connectivity index (χ4v) is 1.35. The Hall–Kier alpha value is -1.62. The van der Waals surface area contributed by atoms with Crippen molar-refractivity contribution in [3.63, 3.8) is 0 Å². The number of carbonyl (C=O) groups is 2. The highest BCUT2D eigenvalue weighted by atomic mass is 16.6. The lowest BCUT2D eigenvalue weighted by atomic mass is 9.95. The molecule has 0 heterocycles. The normalized spacial score (nSPS) is 11.3. The summed E-state index contributed by atoms with van der Waals surface area (Å²) in [4.78, 5) is 23.4. The molecule has 0 unspecified atom stereocenters. The number of allylic oxidation sites excluding steroid dienone is 2. The molecule has 5 nitrogen and oxygen atoms in total. The molecule has 0 aliphatic rings. The molecule has 0 rings (SSSR count). The molecule has 0 radical (unpaired) electrons. The lowest BCUT2D eigenvalue weighted by Crippen LogP contribution is -2.49. The standard InChI is InChI=1S/C13H20O5/c1-5-8-10(4)9-13(16,11(14)17-6-2)12(15)18-7-3/h5,8,16H,4,6-7,9H2,1-3H3/b8-5+. The average Bonchev–Trinajstić information content (AvgIpc) is 2.29. The number of carbonyl (C=O) groups excluding carboxylic acids is 2. The van der Waals surface area contributed by atoms with Gasteiger partial charge in [-0.2, -0.15) is 0 Å². The largest absolute Gasteiger partial charge is 0.463 e. The highest BCUT2D eigenvalue weighted by Gasteiger charge is 2.47. The number of hydrogen-bond donors (Lipinski definition) is 1. The summed E-state index contributed by atoms with van der Waals surface area (Å²) in [6, 6.07) is 0. The fraction of sp³-hybridized carbons (Fsp3) is 0.538. The van der Waals surface area contributed by atoms with Crippen LogP contribution >= 0.6 is 0 Å². The van der Waals surface area contributed by atoms with Crippen LogP contribution < -0.4 is 0 Å². The van der Waals surface area contributed by atoms with Crippen molar-refractivity contribution in [1.29, 1.82) is 0 Å². The lowest BCUT2D eigenvalue weighted by Gasteiger charge is -2.23. The zero-order valence-electron chi connectivity index (χ0n) is 11.1. The highest BCUT2D eigenvalue weighted by molar-refractivity contribution is 6.03. The Kier molecular flexibility index (Phi) is 6.97. The van der Waals surface area contributed by atoms with Crippen LogP contribution in [-0.4, -0.2) is 35.9 Å². The SMILES string of the molecule is C=C(/C=C/C)CC(O)(C(=O)OCC)C(=O)OCC. The van der Waals surface area contributed by atoms with Crippen LogP contribution in [-0.2, 0) is 19.1 Å². The number of rotatable bonds is 7. The van der Waals surface area contributed by atoms with Crippen LogP contribution in [0.3, 0.4) is 0 Å². The van der Waals surface area contributed by atoms with Gasteiger partial charge in [-0.05, 0) is 20.8 Å². The lowest BCUT2D eigenvalue weighted by molar-refractivity contribution is -0.183. The molecule has 0 aromatic carbocycles. The molecule has 0 aliphatic carbocycles. The maximum Gasteiger partial charge on any atom is 0.350 e. The van der Waals surface area contributed by atoms with Gasteiger partial charge in [0.05, 0.1) is 13.2 Å². The predicted molar refractivity (Wildman–Crippen MR) is 66.8 cm³/mol. The first kappa shape index (κ1) is 16.4. The second-order valence-corrected chi connectivity index (χ2v) is 3.64. The summed E-state index contributed by atoms with van der Waals surface area (Å²) >= 11 is 0. The minimum atomic E-state index is -2.33. The summed E-state index contributed by atoms with van der Waals surface area (Å²) in [5.74, 6) is -2.04. The van der Waals surface area contributed by atoms with Crippen LogP contribution in [0.5, 0.6) is 0 Å². The highest BCUT2D eigenvalue weighted by Crippen LogP contribution is 2.20. The summed E-state index contributed by atoms with van der Waals surface area (Å²) < 4.78 is 9.40. The van der Waals surface area contributed by atoms with Crippen molar-refractivity contribution < 1.29 is 24.2 Å². The molecular weight excluding hydrogens is 236 g/mol. The van der Waals surface area contributed by atoms with Gasteiger partial charge in [-0.15, -0.1) is 0 Å². The van der Waals surface area contributed by atoms with Gasteiger partial charge in [0.15, 0.2) is 0 Å². The molecule has 0 bridgehead atoms. The smallest absolute Gasteiger partial charge is 0.350 e. The second kappa shape index (κ2) is 7.66. The molecule has 18 heavy (non-hydrogen) atoms. The Morgan fingerprint density at radius 2 is 1.67 bits per heavy atom. The Morgan fingerprint density at radius 3 is 2.00 bits per heavy atom. The van der Waals surface area contributed by atoms with E-state index in [1.165, 1.54) is 0 Å². The molecule has 0 fully saturated rings. The van der Waals surface area contributed by atoms with Gasteiger partial charge in [0.1, 0.15) is 0 Å². The molecule has 0 amide bonds. The van der Waals surface area contributed by atoms with E-state index in [1.54, 1.807) is 32.9 Å². The molecular formula is C13H20O5. The molecule has 0 aromatic rings. The van der Waals surface area contributed by atoms with Gasteiger partial charge >= 0.3 is 11.9 Å². The second-order valence-electron chi connectivity index (χ2n) is 3.64. The van der Waals surface area contributed by atoms with Crippen LogP contribution in [0.2, 0.25) is 0 Å². The van der Waals surface area contributed by atoms with Crippen molar-refractivity contribution in [3.05, 3.63) is 24.3 Å². The van der Waals surface area contributed by atoms with E-state index in [2.05, 4.69) is 6.58 Å². The number of hydrogen-bond acceptors (Lipinski definition) is 5. The van der Waals surface area contributed by atoms with E-state index in [9.17, 15) is 14.7 Å².